The van der Waals surface area contributed by atoms with Crippen molar-refractivity contribution in [2.75, 3.05) is 18.4 Å². The van der Waals surface area contributed by atoms with E-state index in [0.29, 0.717) is 24.5 Å². The van der Waals surface area contributed by atoms with Crippen molar-refractivity contribution in [2.24, 2.45) is 0 Å². The molecular weight excluding hydrogens is 368 g/mol. The van der Waals surface area contributed by atoms with Gasteiger partial charge in [0, 0.05) is 50.7 Å². The van der Waals surface area contributed by atoms with Gasteiger partial charge in [0.05, 0.1) is 17.8 Å². The van der Waals surface area contributed by atoms with E-state index in [9.17, 15) is 4.79 Å². The first kappa shape index (κ1) is 18.9. The number of rotatable bonds is 6. The van der Waals surface area contributed by atoms with E-state index in [1.54, 1.807) is 31.0 Å². The second-order valence-electron chi connectivity index (χ2n) is 7.07. The second kappa shape index (κ2) is 8.72. The van der Waals surface area contributed by atoms with Crippen molar-refractivity contribution < 1.29 is 9.53 Å². The molecule has 8 nitrogen and oxygen atoms in total. The van der Waals surface area contributed by atoms with Gasteiger partial charge in [0.2, 0.25) is 0 Å². The van der Waals surface area contributed by atoms with E-state index in [1.165, 1.54) is 0 Å². The molecule has 0 spiro atoms. The number of nitrogens with zero attached hydrogens (tertiary/aromatic N) is 4. The minimum absolute atomic E-state index is 0.00195. The number of carbonyl (C=O) groups excluding carboxylic acids is 1. The van der Waals surface area contributed by atoms with Crippen molar-refractivity contribution in [1.82, 2.24) is 24.8 Å². The van der Waals surface area contributed by atoms with Crippen molar-refractivity contribution in [2.45, 2.75) is 31.9 Å². The number of piperidine rings is 1. The number of aromatic amines is 1. The minimum atomic E-state index is -0.00195. The van der Waals surface area contributed by atoms with Gasteiger partial charge in [0.15, 0.2) is 0 Å². The van der Waals surface area contributed by atoms with Crippen LogP contribution in [0.1, 0.15) is 42.0 Å². The molecule has 0 aromatic carbocycles. The van der Waals surface area contributed by atoms with Crippen LogP contribution >= 0.6 is 0 Å². The van der Waals surface area contributed by atoms with E-state index in [2.05, 4.69) is 25.3 Å². The highest BCUT2D eigenvalue weighted by atomic mass is 16.5. The molecule has 1 aliphatic rings. The first-order valence-electron chi connectivity index (χ1n) is 9.77. The van der Waals surface area contributed by atoms with Crippen LogP contribution in [0.2, 0.25) is 0 Å². The lowest BCUT2D eigenvalue weighted by Gasteiger charge is -2.32. The summed E-state index contributed by atoms with van der Waals surface area (Å²) in [5.41, 5.74) is 0.591. The lowest BCUT2D eigenvalue weighted by atomic mass is 10.1. The molecule has 29 heavy (non-hydrogen) atoms. The van der Waals surface area contributed by atoms with Gasteiger partial charge < -0.3 is 19.9 Å². The zero-order valence-electron chi connectivity index (χ0n) is 16.3. The Balaban J connectivity index is 1.29. The quantitative estimate of drug-likeness (QED) is 0.669. The number of nitrogens with one attached hydrogen (secondary N) is 2. The van der Waals surface area contributed by atoms with E-state index in [-0.39, 0.29) is 18.1 Å². The number of hydrogen-bond acceptors (Lipinski definition) is 6. The monoisotopic (exact) mass is 392 g/mol. The van der Waals surface area contributed by atoms with Crippen molar-refractivity contribution in [3.8, 4) is 5.75 Å². The van der Waals surface area contributed by atoms with Crippen LogP contribution in [0.25, 0.3) is 0 Å². The fraction of sp³-hybridized carbons (Fsp3) is 0.333. The van der Waals surface area contributed by atoms with E-state index >= 15 is 0 Å². The van der Waals surface area contributed by atoms with Gasteiger partial charge in [-0.05, 0) is 31.2 Å². The number of anilines is 1. The minimum Gasteiger partial charge on any atom is -0.489 e. The van der Waals surface area contributed by atoms with Crippen LogP contribution in [-0.2, 0) is 0 Å². The Labute approximate surface area is 169 Å². The molecule has 0 unspecified atom stereocenters. The summed E-state index contributed by atoms with van der Waals surface area (Å²) in [6.45, 7) is 3.33. The third kappa shape index (κ3) is 4.71. The average Bonchev–Trinajstić information content (AvgIpc) is 3.30. The summed E-state index contributed by atoms with van der Waals surface area (Å²) in [5, 5.41) is 3.27. The number of pyridine rings is 2. The summed E-state index contributed by atoms with van der Waals surface area (Å²) in [5.74, 6) is 2.31. The molecule has 0 saturated carbocycles. The molecule has 150 valence electrons. The highest BCUT2D eigenvalue weighted by Crippen LogP contribution is 2.20. The molecule has 0 aliphatic carbocycles. The summed E-state index contributed by atoms with van der Waals surface area (Å²) in [6.07, 6.45) is 10.3. The van der Waals surface area contributed by atoms with Crippen molar-refractivity contribution >= 4 is 11.7 Å². The molecule has 1 atom stereocenters. The van der Waals surface area contributed by atoms with Gasteiger partial charge in [0.1, 0.15) is 23.5 Å². The van der Waals surface area contributed by atoms with Crippen molar-refractivity contribution in [3.63, 3.8) is 0 Å². The Morgan fingerprint density at radius 1 is 1.21 bits per heavy atom. The molecule has 3 aromatic rings. The summed E-state index contributed by atoms with van der Waals surface area (Å²) in [4.78, 5) is 30.4. The lowest BCUT2D eigenvalue weighted by molar-refractivity contribution is 0.0594. The highest BCUT2D eigenvalue weighted by Gasteiger charge is 2.25. The standard InChI is InChI=1S/C21H24N6O2/c1-15(20-23-9-10-24-20)26-19-5-4-16(13-25-19)21(28)27-11-6-17(7-12-27)29-18-3-2-8-22-14-18/h2-5,8-10,13-15,17H,6-7,11-12H2,1H3,(H,23,24)(H,25,26)/t15-/m0/s1. The molecule has 4 heterocycles. The summed E-state index contributed by atoms with van der Waals surface area (Å²) >= 11 is 0. The normalized spacial score (nSPS) is 15.7. The fourth-order valence-corrected chi connectivity index (χ4v) is 3.38. The topological polar surface area (TPSA) is 96.0 Å². The maximum atomic E-state index is 12.8. The first-order chi connectivity index (χ1) is 14.2. The predicted octanol–water partition coefficient (Wildman–Crippen LogP) is 3.06. The first-order valence-corrected chi connectivity index (χ1v) is 9.77. The Hall–Kier alpha value is -3.42. The third-order valence-corrected chi connectivity index (χ3v) is 4.97. The molecule has 4 rings (SSSR count). The van der Waals surface area contributed by atoms with Gasteiger partial charge in [0.25, 0.3) is 5.91 Å². The number of likely N-dealkylation sites (tertiary alicyclic amines) is 1. The number of hydrogen-bond donors (Lipinski definition) is 2. The average molecular weight is 392 g/mol. The number of ether oxygens (including phenoxy) is 1. The van der Waals surface area contributed by atoms with Gasteiger partial charge in [-0.1, -0.05) is 0 Å². The fourth-order valence-electron chi connectivity index (χ4n) is 3.38. The lowest BCUT2D eigenvalue weighted by Crippen LogP contribution is -2.41. The summed E-state index contributed by atoms with van der Waals surface area (Å²) in [6, 6.07) is 7.39. The van der Waals surface area contributed by atoms with E-state index < -0.39 is 0 Å². The predicted molar refractivity (Wildman–Crippen MR) is 109 cm³/mol. The van der Waals surface area contributed by atoms with Gasteiger partial charge in [-0.25, -0.2) is 9.97 Å². The molecule has 1 amide bonds. The zero-order chi connectivity index (χ0) is 20.1. The Morgan fingerprint density at radius 3 is 2.72 bits per heavy atom. The van der Waals surface area contributed by atoms with Gasteiger partial charge in [-0.15, -0.1) is 0 Å². The molecule has 8 heteroatoms. The van der Waals surface area contributed by atoms with E-state index in [4.69, 9.17) is 4.74 Å². The molecular formula is C21H24N6O2. The molecule has 1 fully saturated rings. The summed E-state index contributed by atoms with van der Waals surface area (Å²) in [7, 11) is 0. The SMILES string of the molecule is C[C@H](Nc1ccc(C(=O)N2CCC(Oc3cccnc3)CC2)cn1)c1ncc[nH]1. The van der Waals surface area contributed by atoms with Gasteiger partial charge in [-0.3, -0.25) is 9.78 Å². The van der Waals surface area contributed by atoms with Crippen LogP contribution < -0.4 is 10.1 Å². The van der Waals surface area contributed by atoms with Crippen LogP contribution in [0.5, 0.6) is 5.75 Å². The Bertz CT molecular complexity index is 906. The van der Waals surface area contributed by atoms with Crippen LogP contribution in [0.4, 0.5) is 5.82 Å². The maximum Gasteiger partial charge on any atom is 0.255 e. The van der Waals surface area contributed by atoms with Crippen LogP contribution in [0, 0.1) is 0 Å². The summed E-state index contributed by atoms with van der Waals surface area (Å²) < 4.78 is 5.94. The number of H-pyrrole nitrogens is 1. The zero-order valence-corrected chi connectivity index (χ0v) is 16.3. The Kier molecular flexibility index (Phi) is 5.69. The Morgan fingerprint density at radius 2 is 2.07 bits per heavy atom. The largest absolute Gasteiger partial charge is 0.489 e. The third-order valence-electron chi connectivity index (χ3n) is 4.97. The second-order valence-corrected chi connectivity index (χ2v) is 7.07. The van der Waals surface area contributed by atoms with Crippen LogP contribution in [0.3, 0.4) is 0 Å². The van der Waals surface area contributed by atoms with E-state index in [0.717, 1.165) is 24.4 Å². The van der Waals surface area contributed by atoms with Gasteiger partial charge >= 0.3 is 0 Å². The number of amides is 1. The molecule has 1 saturated heterocycles. The molecule has 1 aliphatic heterocycles. The molecule has 0 radical (unpaired) electrons. The van der Waals surface area contributed by atoms with Gasteiger partial charge in [-0.2, -0.15) is 0 Å². The van der Waals surface area contributed by atoms with Crippen LogP contribution in [-0.4, -0.2) is 49.9 Å². The number of imidazole rings is 1. The molecule has 3 aromatic heterocycles. The molecule has 2 N–H and O–H groups in total. The number of carbonyl (C=O) groups is 1. The maximum absolute atomic E-state index is 12.8. The molecule has 0 bridgehead atoms. The smallest absolute Gasteiger partial charge is 0.255 e. The van der Waals surface area contributed by atoms with Crippen LogP contribution in [0.15, 0.2) is 55.2 Å². The van der Waals surface area contributed by atoms with E-state index in [1.807, 2.05) is 36.1 Å². The van der Waals surface area contributed by atoms with Crippen molar-refractivity contribution in [3.05, 3.63) is 66.6 Å². The highest BCUT2D eigenvalue weighted by molar-refractivity contribution is 5.94. The number of aromatic nitrogens is 4. The van der Waals surface area contributed by atoms with Crippen molar-refractivity contribution in [1.29, 1.82) is 0 Å².